The van der Waals surface area contributed by atoms with Gasteiger partial charge in [-0.2, -0.15) is 0 Å². The van der Waals surface area contributed by atoms with Crippen LogP contribution in [0.1, 0.15) is 98.2 Å². The molecule has 0 fully saturated rings. The number of ether oxygens (including phenoxy) is 1. The Morgan fingerprint density at radius 1 is 0.898 bits per heavy atom. The van der Waals surface area contributed by atoms with E-state index < -0.39 is 25.9 Å². The number of anilines is 2. The Kier molecular flexibility index (Phi) is 14.7. The monoisotopic (exact) mass is 860 g/mol. The van der Waals surface area contributed by atoms with Gasteiger partial charge in [-0.25, -0.2) is 9.78 Å². The third-order valence-electron chi connectivity index (χ3n) is 10.8. The standard InChI is InChI=1S/C45H58Cl2N6O5Si/c1-11-21-53(43(56)58-44(3,4)5)27-30-18-19-36(48-26-30)41(54)50-34-16-12-14-32(39(34)46)33-15-13-17-35(40(33)47)51-42(55)37-25-29(2)31-20-22-52(28-38(31)49-37)23-24-57-59(9,10)45(6,7)8/h12-19,25-26H,11,20-24,27-28H2,1-10H3,(H,50,54)(H,51,55). The van der Waals surface area contributed by atoms with Crippen molar-refractivity contribution in [3.8, 4) is 11.1 Å². The predicted octanol–water partition coefficient (Wildman–Crippen LogP) is 10.8. The zero-order chi connectivity index (χ0) is 43.3. The van der Waals surface area contributed by atoms with Crippen molar-refractivity contribution >= 4 is 60.8 Å². The summed E-state index contributed by atoms with van der Waals surface area (Å²) in [5.41, 5.74) is 5.64. The second kappa shape index (κ2) is 18.9. The van der Waals surface area contributed by atoms with E-state index >= 15 is 0 Å². The second-order valence-corrected chi connectivity index (χ2v) is 23.1. The van der Waals surface area contributed by atoms with Gasteiger partial charge in [0.15, 0.2) is 8.32 Å². The topological polar surface area (TPSA) is 126 Å². The van der Waals surface area contributed by atoms with Crippen LogP contribution in [0.2, 0.25) is 28.2 Å². The van der Waals surface area contributed by atoms with Gasteiger partial charge in [-0.05, 0) is 99.6 Å². The van der Waals surface area contributed by atoms with Gasteiger partial charge in [0.25, 0.3) is 11.8 Å². The normalized spacial score (nSPS) is 13.4. The van der Waals surface area contributed by atoms with Crippen molar-refractivity contribution in [2.45, 2.75) is 105 Å². The van der Waals surface area contributed by atoms with Crippen LogP contribution in [-0.4, -0.2) is 77.8 Å². The molecule has 0 spiro atoms. The number of benzene rings is 2. The van der Waals surface area contributed by atoms with Gasteiger partial charge in [0.1, 0.15) is 17.0 Å². The second-order valence-electron chi connectivity index (χ2n) is 17.6. The van der Waals surface area contributed by atoms with Crippen LogP contribution in [0, 0.1) is 6.92 Å². The van der Waals surface area contributed by atoms with Crippen molar-refractivity contribution in [1.29, 1.82) is 0 Å². The molecule has 1 aliphatic heterocycles. The van der Waals surface area contributed by atoms with Gasteiger partial charge in [0, 0.05) is 50.1 Å². The number of hydrogen-bond donors (Lipinski definition) is 2. The number of carbonyl (C=O) groups excluding carboxylic acids is 3. The van der Waals surface area contributed by atoms with E-state index in [1.54, 1.807) is 59.6 Å². The van der Waals surface area contributed by atoms with Crippen LogP contribution in [0.15, 0.2) is 60.8 Å². The van der Waals surface area contributed by atoms with E-state index in [9.17, 15) is 14.4 Å². The third kappa shape index (κ3) is 11.7. The van der Waals surface area contributed by atoms with Crippen molar-refractivity contribution in [2.24, 2.45) is 0 Å². The average molecular weight is 862 g/mol. The van der Waals surface area contributed by atoms with Gasteiger partial charge < -0.3 is 24.7 Å². The molecule has 59 heavy (non-hydrogen) atoms. The molecule has 5 rings (SSSR count). The zero-order valence-electron chi connectivity index (χ0n) is 36.0. The largest absolute Gasteiger partial charge is 0.444 e. The van der Waals surface area contributed by atoms with Gasteiger partial charge in [-0.15, -0.1) is 0 Å². The van der Waals surface area contributed by atoms with E-state index in [-0.39, 0.29) is 26.7 Å². The van der Waals surface area contributed by atoms with E-state index in [4.69, 9.17) is 37.3 Å². The van der Waals surface area contributed by atoms with Crippen LogP contribution in [0.4, 0.5) is 16.2 Å². The summed E-state index contributed by atoms with van der Waals surface area (Å²) in [6, 6.07) is 15.7. The van der Waals surface area contributed by atoms with Crippen LogP contribution < -0.4 is 10.6 Å². The summed E-state index contributed by atoms with van der Waals surface area (Å²) in [7, 11) is -1.85. The van der Waals surface area contributed by atoms with E-state index in [0.29, 0.717) is 54.4 Å². The summed E-state index contributed by atoms with van der Waals surface area (Å²) in [5, 5.41) is 6.52. The van der Waals surface area contributed by atoms with Gasteiger partial charge in [0.2, 0.25) is 0 Å². The maximum atomic E-state index is 13.7. The molecule has 2 aromatic carbocycles. The predicted molar refractivity (Wildman–Crippen MR) is 240 cm³/mol. The molecular formula is C45H58Cl2N6O5Si. The average Bonchev–Trinajstić information content (AvgIpc) is 3.15. The number of amides is 3. The van der Waals surface area contributed by atoms with Gasteiger partial charge >= 0.3 is 6.09 Å². The van der Waals surface area contributed by atoms with Crippen LogP contribution in [0.5, 0.6) is 0 Å². The number of pyridine rings is 2. The molecule has 0 unspecified atom stereocenters. The lowest BCUT2D eigenvalue weighted by Gasteiger charge is -2.37. The molecule has 0 atom stereocenters. The number of rotatable bonds is 13. The molecule has 316 valence electrons. The molecule has 3 heterocycles. The minimum atomic E-state index is -1.85. The Hall–Kier alpha value is -4.33. The van der Waals surface area contributed by atoms with Crippen LogP contribution >= 0.6 is 23.2 Å². The molecule has 0 aliphatic carbocycles. The molecule has 2 N–H and O–H groups in total. The first kappa shape index (κ1) is 45.7. The van der Waals surface area contributed by atoms with Gasteiger partial charge in [0.05, 0.1) is 33.7 Å². The fraction of sp³-hybridized carbons (Fsp3) is 0.444. The molecule has 3 amide bonds. The Labute approximate surface area is 360 Å². The number of nitrogens with one attached hydrogen (secondary N) is 2. The van der Waals surface area contributed by atoms with Gasteiger partial charge in [-0.1, -0.05) is 81.2 Å². The molecule has 4 aromatic rings. The molecule has 1 aliphatic rings. The lowest BCUT2D eigenvalue weighted by atomic mass is 9.99. The number of carbonyl (C=O) groups is 3. The molecule has 14 heteroatoms. The van der Waals surface area contributed by atoms with E-state index in [2.05, 4.69) is 54.4 Å². The van der Waals surface area contributed by atoms with Crippen molar-refractivity contribution in [1.82, 2.24) is 19.8 Å². The molecule has 0 saturated heterocycles. The lowest BCUT2D eigenvalue weighted by molar-refractivity contribution is 0.0233. The summed E-state index contributed by atoms with van der Waals surface area (Å²) in [4.78, 5) is 52.9. The van der Waals surface area contributed by atoms with Crippen molar-refractivity contribution in [3.05, 3.63) is 105 Å². The first-order chi connectivity index (χ1) is 27.7. The number of aromatic nitrogens is 2. The van der Waals surface area contributed by atoms with Crippen LogP contribution in [-0.2, 0) is 28.7 Å². The first-order valence-electron chi connectivity index (χ1n) is 20.2. The zero-order valence-corrected chi connectivity index (χ0v) is 38.5. The molecule has 0 radical (unpaired) electrons. The Bertz CT molecular complexity index is 2170. The highest BCUT2D eigenvalue weighted by atomic mass is 35.5. The third-order valence-corrected chi connectivity index (χ3v) is 16.1. The minimum Gasteiger partial charge on any atom is -0.444 e. The Morgan fingerprint density at radius 2 is 1.51 bits per heavy atom. The van der Waals surface area contributed by atoms with Crippen molar-refractivity contribution < 1.29 is 23.5 Å². The smallest absolute Gasteiger partial charge is 0.410 e. The fourth-order valence-electron chi connectivity index (χ4n) is 6.50. The quantitative estimate of drug-likeness (QED) is 0.127. The fourth-order valence-corrected chi connectivity index (χ4v) is 8.09. The maximum absolute atomic E-state index is 13.7. The number of fused-ring (bicyclic) bond motifs is 1. The van der Waals surface area contributed by atoms with Crippen LogP contribution in [0.3, 0.4) is 0 Å². The highest BCUT2D eigenvalue weighted by Crippen LogP contribution is 2.41. The summed E-state index contributed by atoms with van der Waals surface area (Å²) in [6.07, 6.45) is 2.79. The number of halogens is 2. The van der Waals surface area contributed by atoms with E-state index in [0.717, 1.165) is 42.8 Å². The summed E-state index contributed by atoms with van der Waals surface area (Å²) in [5.74, 6) is -0.836. The van der Waals surface area contributed by atoms with E-state index in [1.165, 1.54) is 5.56 Å². The summed E-state index contributed by atoms with van der Waals surface area (Å²) < 4.78 is 12.0. The molecule has 2 aromatic heterocycles. The number of nitrogens with zero attached hydrogens (tertiary/aromatic N) is 4. The number of aryl methyl sites for hydroxylation is 1. The molecular weight excluding hydrogens is 804 g/mol. The molecule has 0 bridgehead atoms. The number of hydrogen-bond acceptors (Lipinski definition) is 8. The SMILES string of the molecule is CCCN(Cc1ccc(C(=O)Nc2cccc(-c3cccc(NC(=O)c4cc(C)c5c(n4)CN(CCO[Si](C)(C)C(C)(C)C)CC5)c3Cl)c2Cl)nc1)C(=O)OC(C)(C)C. The highest BCUT2D eigenvalue weighted by molar-refractivity contribution is 6.74. The highest BCUT2D eigenvalue weighted by Gasteiger charge is 2.37. The molecule has 0 saturated carbocycles. The summed E-state index contributed by atoms with van der Waals surface area (Å²) in [6.45, 7) is 24.6. The van der Waals surface area contributed by atoms with Crippen molar-refractivity contribution in [3.63, 3.8) is 0 Å². The Morgan fingerprint density at radius 3 is 2.05 bits per heavy atom. The van der Waals surface area contributed by atoms with Crippen molar-refractivity contribution in [2.75, 3.05) is 36.9 Å². The lowest BCUT2D eigenvalue weighted by Crippen LogP contribution is -2.43. The summed E-state index contributed by atoms with van der Waals surface area (Å²) >= 11 is 13.9. The maximum Gasteiger partial charge on any atom is 0.410 e. The Balaban J connectivity index is 1.26. The van der Waals surface area contributed by atoms with Crippen LogP contribution in [0.25, 0.3) is 11.1 Å². The molecule has 11 nitrogen and oxygen atoms in total. The van der Waals surface area contributed by atoms with E-state index in [1.807, 2.05) is 40.7 Å². The van der Waals surface area contributed by atoms with Gasteiger partial charge in [-0.3, -0.25) is 19.5 Å². The minimum absolute atomic E-state index is 0.150. The first-order valence-corrected chi connectivity index (χ1v) is 23.8.